The van der Waals surface area contributed by atoms with Crippen molar-refractivity contribution in [2.75, 3.05) is 20.7 Å². The van der Waals surface area contributed by atoms with Crippen molar-refractivity contribution in [1.29, 1.82) is 5.26 Å². The average molecular weight is 1960 g/mol. The molecule has 18 rings (SSSR count). The Bertz CT molecular complexity index is 6180. The van der Waals surface area contributed by atoms with Crippen LogP contribution in [0.4, 0.5) is 0 Å². The van der Waals surface area contributed by atoms with Crippen LogP contribution in [-0.4, -0.2) is 172 Å². The van der Waals surface area contributed by atoms with Crippen LogP contribution in [0.2, 0.25) is 0 Å². The van der Waals surface area contributed by atoms with Gasteiger partial charge in [0.05, 0.1) is 93.4 Å². The zero-order valence-corrected chi connectivity index (χ0v) is 79.6. The molecule has 0 spiro atoms. The van der Waals surface area contributed by atoms with Gasteiger partial charge in [0, 0.05) is 96.2 Å². The van der Waals surface area contributed by atoms with Crippen molar-refractivity contribution in [3.63, 3.8) is 0 Å². The van der Waals surface area contributed by atoms with Crippen LogP contribution >= 0.6 is 88.5 Å². The topological polar surface area (TPSA) is 435 Å². The van der Waals surface area contributed by atoms with E-state index in [4.69, 9.17) is 34.9 Å². The van der Waals surface area contributed by atoms with Gasteiger partial charge in [0.25, 0.3) is 5.91 Å². The number of H-pyrrole nitrogens is 4. The van der Waals surface area contributed by atoms with E-state index in [1.807, 2.05) is 58.4 Å². The molecule has 1 saturated heterocycles. The first-order chi connectivity index (χ1) is 60.9. The molecule has 1 amide bonds. The van der Waals surface area contributed by atoms with Crippen LogP contribution in [0.5, 0.6) is 0 Å². The predicted octanol–water partition coefficient (Wildman–Crippen LogP) is 21.4. The number of fused-ring (bicyclic) bond motifs is 4. The van der Waals surface area contributed by atoms with E-state index in [2.05, 4.69) is 105 Å². The number of ketones is 4. The number of carboxylic acid groups (broad SMARTS) is 3. The normalized spacial score (nSPS) is 16.8. The summed E-state index contributed by atoms with van der Waals surface area (Å²) < 4.78 is 18.0. The zero-order valence-electron chi connectivity index (χ0n) is 72.3. The summed E-state index contributed by atoms with van der Waals surface area (Å²) in [6, 6.07) is 10.2. The first-order valence-electron chi connectivity index (χ1n) is 42.0. The van der Waals surface area contributed by atoms with Gasteiger partial charge in [-0.2, -0.15) is 5.26 Å². The molecule has 1 aliphatic heterocycles. The Morgan fingerprint density at radius 2 is 0.758 bits per heavy atom. The number of rotatable bonds is 18. The quantitative estimate of drug-likeness (QED) is 0.0181. The van der Waals surface area contributed by atoms with Crippen molar-refractivity contribution >= 4 is 199 Å². The number of methoxy groups -OCH3 is 1. The fraction of sp³-hybridized carbons (Fsp3) is 0.407. The second-order valence-corrected chi connectivity index (χ2v) is 40.9. The molecule has 128 heavy (non-hydrogen) atoms. The Morgan fingerprint density at radius 3 is 1.07 bits per heavy atom. The number of Topliss-reactive ketones (excluding diaryl/α,β-unsaturated/α-hetero) is 4. The molecule has 29 nitrogen and oxygen atoms in total. The van der Waals surface area contributed by atoms with Crippen molar-refractivity contribution in [2.45, 2.75) is 195 Å². The number of thiophene rings is 5. The lowest BCUT2D eigenvalue weighted by Crippen LogP contribution is -2.41. The van der Waals surface area contributed by atoms with E-state index in [1.54, 1.807) is 103 Å². The minimum Gasteiger partial charge on any atom is -0.477 e. The molecule has 14 heterocycles. The van der Waals surface area contributed by atoms with Crippen LogP contribution in [-0.2, 0) is 14.0 Å². The largest absolute Gasteiger partial charge is 0.495 e. The molecule has 0 atom stereocenters. The van der Waals surface area contributed by atoms with Crippen LogP contribution in [0, 0.1) is 33.0 Å². The van der Waals surface area contributed by atoms with Gasteiger partial charge >= 0.3 is 31.0 Å². The van der Waals surface area contributed by atoms with Crippen LogP contribution in [0.15, 0.2) is 116 Å². The fourth-order valence-electron chi connectivity index (χ4n) is 16.4. The Balaban J connectivity index is 0.000000135. The first kappa shape index (κ1) is 95.0. The number of nitriles is 1. The molecule has 13 aromatic heterocycles. The highest BCUT2D eigenvalue weighted by Crippen LogP contribution is 2.45. The number of ether oxygens (including phenoxy) is 1. The van der Waals surface area contributed by atoms with Crippen molar-refractivity contribution in [3.8, 4) is 39.8 Å². The maximum Gasteiger partial charge on any atom is 0.495 e. The third kappa shape index (κ3) is 21.3. The van der Waals surface area contributed by atoms with Gasteiger partial charge in [-0.3, -0.25) is 24.0 Å². The van der Waals surface area contributed by atoms with E-state index < -0.39 is 25.0 Å². The summed E-state index contributed by atoms with van der Waals surface area (Å²) in [5.74, 6) is -2.77. The number of carboxylic acids is 3. The molecule has 0 unspecified atom stereocenters. The molecule has 4 aliphatic carbocycles. The predicted molar refractivity (Wildman–Crippen MR) is 502 cm³/mol. The number of hydrogen-bond donors (Lipinski definition) is 7. The second-order valence-electron chi connectivity index (χ2n) is 34.6. The smallest absolute Gasteiger partial charge is 0.477 e. The van der Waals surface area contributed by atoms with Gasteiger partial charge in [0.2, 0.25) is 0 Å². The van der Waals surface area contributed by atoms with E-state index in [0.717, 1.165) is 141 Å². The maximum atomic E-state index is 13.3. The molecular formula is C91H97BBr2N14O15S5. The summed E-state index contributed by atoms with van der Waals surface area (Å²) in [4.78, 5) is 160. The molecule has 4 saturated carbocycles. The van der Waals surface area contributed by atoms with Crippen LogP contribution in [0.1, 0.15) is 274 Å². The summed E-state index contributed by atoms with van der Waals surface area (Å²) >= 11 is 12.6. The number of nitrogens with zero attached hydrogens (tertiary/aromatic N) is 10. The number of carbonyl (C=O) groups is 9. The summed E-state index contributed by atoms with van der Waals surface area (Å²) in [5.41, 5.74) is 9.96. The van der Waals surface area contributed by atoms with E-state index in [0.29, 0.717) is 114 Å². The van der Waals surface area contributed by atoms with Gasteiger partial charge in [0.1, 0.15) is 52.7 Å². The van der Waals surface area contributed by atoms with E-state index in [1.165, 1.54) is 71.7 Å². The standard InChI is InChI=1S/C22H23N5O2S.2C19H19N3O3S.C14H16BrN3O.C12H17BO4S.C5H3BrO2S/c1-22(6-4-3-5-7-22)19(28)15-11-24-20-18(15)26-16(12-25-20)14-10-17(30-13-14)21(29)27(2)9-8-23;2*1-19(5-3-2-4-6-19)16(23)12-8-20-17-15(12)22-13(9-21-17)11-7-14(18(24)25)26-10-11;1-14(5-3-2-4-6-14)12(19)9-7-16-13-11(9)18-10(15)8-17-13;1-11(2)12(3,4)17-13(16-11)8-6-9(18-7-8)10(14)15-5;6-3-1-4(5(7)8)9-2-3/h10-13H,3-7,9H2,1-2H3,(H,24,25);2*7-10H,2-6H2,1H3,(H,20,21)(H,24,25);7-8H,2-6H2,1H3,(H,16,17);6-7H,1-5H3;1-2H,(H,7,8). The van der Waals surface area contributed by atoms with E-state index in [9.17, 15) is 43.2 Å². The van der Waals surface area contributed by atoms with Gasteiger partial charge in [-0.15, -0.1) is 56.7 Å². The minimum atomic E-state index is -0.960. The zero-order chi connectivity index (χ0) is 91.8. The molecule has 13 aromatic rings. The summed E-state index contributed by atoms with van der Waals surface area (Å²) in [7, 11) is 2.54. The van der Waals surface area contributed by atoms with Gasteiger partial charge in [-0.05, 0) is 152 Å². The lowest BCUT2D eigenvalue weighted by Gasteiger charge is -2.32. The molecule has 5 aliphatic rings. The number of aromatic nitrogens is 12. The fourth-order valence-corrected chi connectivity index (χ4v) is 21.1. The highest BCUT2D eigenvalue weighted by molar-refractivity contribution is 9.10. The highest BCUT2D eigenvalue weighted by atomic mass is 79.9. The Hall–Kier alpha value is -10.6. The van der Waals surface area contributed by atoms with Crippen molar-refractivity contribution in [2.24, 2.45) is 21.7 Å². The Labute approximate surface area is 775 Å². The molecule has 0 bridgehead atoms. The highest BCUT2D eigenvalue weighted by Gasteiger charge is 2.52. The number of nitrogens with one attached hydrogen (secondary N) is 4. The third-order valence-electron chi connectivity index (χ3n) is 24.8. The first-order valence-corrected chi connectivity index (χ1v) is 48.0. The van der Waals surface area contributed by atoms with Crippen molar-refractivity contribution in [1.82, 2.24) is 64.7 Å². The van der Waals surface area contributed by atoms with Crippen LogP contribution in [0.25, 0.3) is 78.4 Å². The number of aromatic amines is 4. The number of hydrogen-bond acceptors (Lipinski definition) is 26. The molecule has 37 heteroatoms. The number of amides is 1. The number of esters is 1. The maximum absolute atomic E-state index is 13.3. The summed E-state index contributed by atoms with van der Waals surface area (Å²) in [6.07, 6.45) is 34.2. The number of halogens is 2. The molecular weight excluding hydrogens is 1860 g/mol. The number of carbonyl (C=O) groups excluding carboxylic acids is 6. The average Bonchev–Trinajstić information content (AvgIpc) is 1.63. The lowest BCUT2D eigenvalue weighted by molar-refractivity contribution is 0.00578. The number of aromatic carboxylic acids is 3. The monoisotopic (exact) mass is 1950 g/mol. The van der Waals surface area contributed by atoms with Gasteiger partial charge < -0.3 is 54.2 Å². The van der Waals surface area contributed by atoms with Gasteiger partial charge in [0.15, 0.2) is 45.7 Å². The molecule has 0 aromatic carbocycles. The van der Waals surface area contributed by atoms with Crippen molar-refractivity contribution < 1.29 is 72.5 Å². The molecule has 7 N–H and O–H groups in total. The van der Waals surface area contributed by atoms with Crippen LogP contribution < -0.4 is 5.46 Å². The van der Waals surface area contributed by atoms with Crippen molar-refractivity contribution in [3.05, 3.63) is 163 Å². The van der Waals surface area contributed by atoms with E-state index in [-0.39, 0.29) is 84.2 Å². The van der Waals surface area contributed by atoms with Gasteiger partial charge in [-0.1, -0.05) is 105 Å². The van der Waals surface area contributed by atoms with E-state index >= 15 is 0 Å². The van der Waals surface area contributed by atoms with Gasteiger partial charge in [-0.25, -0.2) is 59.0 Å². The minimum absolute atomic E-state index is 0.0332. The summed E-state index contributed by atoms with van der Waals surface area (Å²) in [5, 5.41) is 44.3. The van der Waals surface area contributed by atoms with Crippen LogP contribution in [0.3, 0.4) is 0 Å². The molecule has 5 fully saturated rings. The Morgan fingerprint density at radius 1 is 0.445 bits per heavy atom. The molecule has 668 valence electrons. The summed E-state index contributed by atoms with van der Waals surface area (Å²) in [6.45, 7) is 16.3. The third-order valence-corrected chi connectivity index (χ3v) is 30.5. The lowest BCUT2D eigenvalue weighted by atomic mass is 9.71. The Kier molecular flexibility index (Phi) is 29.9. The molecule has 0 radical (unpaired) electrons. The SMILES string of the molecule is CC1(C(=O)c2c[nH]c3ncc(-c4csc(C(=O)O)c4)nc23)CCCCC1.CC1(C(=O)c2c[nH]c3ncc(-c4csc(C(=O)O)c4)nc23)CCCCC1.CC1(C(=O)c2c[nH]c3ncc(Br)nc23)CCCCC1.CN(CC#N)C(=O)c1cc(-c2cnc3[nH]cc(C(=O)C4(C)CCCCC4)c3n2)cs1.COC(=O)c1cc(B2OC(C)(C)C(C)(C)O2)cs1.O=C(O)c1cc(Br)cs1. The second kappa shape index (κ2) is 40.2.